The molecule has 106 valence electrons. The number of benzene rings is 1. The predicted octanol–water partition coefficient (Wildman–Crippen LogP) is 3.23. The molecule has 5 heteroatoms. The van der Waals surface area contributed by atoms with Crippen LogP contribution in [-0.2, 0) is 5.41 Å². The van der Waals surface area contributed by atoms with Crippen molar-refractivity contribution in [2.24, 2.45) is 0 Å². The number of anilines is 1. The van der Waals surface area contributed by atoms with Crippen LogP contribution in [-0.4, -0.2) is 16.2 Å². The van der Waals surface area contributed by atoms with Crippen LogP contribution in [0.15, 0.2) is 22.7 Å². The zero-order chi connectivity index (χ0) is 15.1. The van der Waals surface area contributed by atoms with E-state index in [-0.39, 0.29) is 17.0 Å². The highest BCUT2D eigenvalue weighted by atomic mass is 16.5. The molecule has 0 amide bonds. The number of hydrogen-bond acceptors (Lipinski definition) is 4. The summed E-state index contributed by atoms with van der Waals surface area (Å²) in [5.74, 6) is -1.13. The smallest absolute Gasteiger partial charge is 0.358 e. The van der Waals surface area contributed by atoms with Gasteiger partial charge in [-0.25, -0.2) is 4.79 Å². The van der Waals surface area contributed by atoms with Crippen LogP contribution in [0.25, 0.3) is 11.1 Å². The van der Waals surface area contributed by atoms with E-state index in [1.807, 2.05) is 25.1 Å². The molecule has 20 heavy (non-hydrogen) atoms. The number of nitrogen functional groups attached to an aromatic ring is 1. The fraction of sp³-hybridized carbons (Fsp3) is 0.333. The van der Waals surface area contributed by atoms with Crippen molar-refractivity contribution < 1.29 is 14.4 Å². The van der Waals surface area contributed by atoms with E-state index in [0.717, 1.165) is 16.7 Å². The Balaban J connectivity index is 2.70. The zero-order valence-corrected chi connectivity index (χ0v) is 12.0. The van der Waals surface area contributed by atoms with Gasteiger partial charge in [-0.05, 0) is 29.0 Å². The molecule has 0 spiro atoms. The normalized spacial score (nSPS) is 11.6. The van der Waals surface area contributed by atoms with Crippen LogP contribution in [0.3, 0.4) is 0 Å². The maximum Gasteiger partial charge on any atom is 0.358 e. The van der Waals surface area contributed by atoms with Gasteiger partial charge in [0.15, 0.2) is 0 Å². The fourth-order valence-electron chi connectivity index (χ4n) is 2.07. The molecule has 1 aromatic heterocycles. The van der Waals surface area contributed by atoms with Crippen molar-refractivity contribution in [3.63, 3.8) is 0 Å². The van der Waals surface area contributed by atoms with Crippen LogP contribution in [0.5, 0.6) is 0 Å². The summed E-state index contributed by atoms with van der Waals surface area (Å²) in [5, 5.41) is 12.7. The first-order chi connectivity index (χ1) is 9.21. The molecule has 0 atom stereocenters. The van der Waals surface area contributed by atoms with Crippen LogP contribution in [0.4, 0.5) is 5.88 Å². The summed E-state index contributed by atoms with van der Waals surface area (Å²) in [6.07, 6.45) is 0. The lowest BCUT2D eigenvalue weighted by atomic mass is 9.84. The molecule has 0 aliphatic carbocycles. The quantitative estimate of drug-likeness (QED) is 0.877. The monoisotopic (exact) mass is 274 g/mol. The Hall–Kier alpha value is -2.30. The second-order valence-electron chi connectivity index (χ2n) is 5.86. The molecule has 0 bridgehead atoms. The van der Waals surface area contributed by atoms with Gasteiger partial charge in [0, 0.05) is 0 Å². The third-order valence-corrected chi connectivity index (χ3v) is 3.29. The molecule has 5 nitrogen and oxygen atoms in total. The average molecular weight is 274 g/mol. The lowest BCUT2D eigenvalue weighted by Gasteiger charge is -2.20. The Bertz CT molecular complexity index is 666. The van der Waals surface area contributed by atoms with Gasteiger partial charge in [0.25, 0.3) is 0 Å². The van der Waals surface area contributed by atoms with E-state index < -0.39 is 5.97 Å². The lowest BCUT2D eigenvalue weighted by Crippen LogP contribution is -2.11. The van der Waals surface area contributed by atoms with E-state index in [1.54, 1.807) is 0 Å². The topological polar surface area (TPSA) is 89.3 Å². The molecular formula is C15H18N2O3. The molecule has 0 saturated carbocycles. The summed E-state index contributed by atoms with van der Waals surface area (Å²) in [7, 11) is 0. The van der Waals surface area contributed by atoms with E-state index in [1.165, 1.54) is 0 Å². The number of hydrogen-bond donors (Lipinski definition) is 2. The average Bonchev–Trinajstić information content (AvgIpc) is 2.70. The highest BCUT2D eigenvalue weighted by Crippen LogP contribution is 2.35. The maximum atomic E-state index is 11.2. The number of rotatable bonds is 2. The minimum absolute atomic E-state index is 0.0246. The van der Waals surface area contributed by atoms with Gasteiger partial charge in [-0.2, -0.15) is 0 Å². The number of nitrogens with zero attached hydrogens (tertiary/aromatic N) is 1. The van der Waals surface area contributed by atoms with Gasteiger partial charge < -0.3 is 15.4 Å². The van der Waals surface area contributed by atoms with Gasteiger partial charge in [-0.15, -0.1) is 0 Å². The van der Waals surface area contributed by atoms with Crippen LogP contribution >= 0.6 is 0 Å². The van der Waals surface area contributed by atoms with E-state index in [0.29, 0.717) is 5.56 Å². The summed E-state index contributed by atoms with van der Waals surface area (Å²) in [6.45, 7) is 8.18. The summed E-state index contributed by atoms with van der Waals surface area (Å²) in [5.41, 5.74) is 8.66. The molecule has 2 rings (SSSR count). The van der Waals surface area contributed by atoms with E-state index >= 15 is 0 Å². The first kappa shape index (κ1) is 14.1. The molecule has 0 saturated heterocycles. The summed E-state index contributed by atoms with van der Waals surface area (Å²) < 4.78 is 4.84. The van der Waals surface area contributed by atoms with Crippen LogP contribution in [0, 0.1) is 6.92 Å². The molecule has 0 fully saturated rings. The second kappa shape index (κ2) is 4.67. The molecule has 0 radical (unpaired) electrons. The number of nitrogens with two attached hydrogens (primary N) is 1. The van der Waals surface area contributed by atoms with Crippen molar-refractivity contribution in [1.29, 1.82) is 0 Å². The first-order valence-electron chi connectivity index (χ1n) is 6.31. The maximum absolute atomic E-state index is 11.2. The Morgan fingerprint density at radius 1 is 1.35 bits per heavy atom. The van der Waals surface area contributed by atoms with Crippen molar-refractivity contribution in [3.8, 4) is 11.1 Å². The standard InChI is InChI=1S/C15H18N2O3/c1-8-5-6-9(15(2,3)4)7-10(8)11-12(14(18)19)17-20-13(11)16/h5-7H,16H2,1-4H3,(H,18,19). The largest absolute Gasteiger partial charge is 0.476 e. The van der Waals surface area contributed by atoms with Gasteiger partial charge in [-0.1, -0.05) is 44.1 Å². The van der Waals surface area contributed by atoms with Gasteiger partial charge in [-0.3, -0.25) is 0 Å². The molecule has 0 aliphatic rings. The fourth-order valence-corrected chi connectivity index (χ4v) is 2.07. The van der Waals surface area contributed by atoms with Crippen LogP contribution < -0.4 is 5.73 Å². The van der Waals surface area contributed by atoms with E-state index in [9.17, 15) is 9.90 Å². The zero-order valence-electron chi connectivity index (χ0n) is 12.0. The van der Waals surface area contributed by atoms with Gasteiger partial charge in [0.2, 0.25) is 11.6 Å². The summed E-state index contributed by atoms with van der Waals surface area (Å²) in [4.78, 5) is 11.2. The minimum atomic E-state index is -1.15. The Kier molecular flexibility index (Phi) is 3.29. The highest BCUT2D eigenvalue weighted by Gasteiger charge is 2.24. The Labute approximate surface area is 117 Å². The van der Waals surface area contributed by atoms with Crippen molar-refractivity contribution >= 4 is 11.9 Å². The van der Waals surface area contributed by atoms with Gasteiger partial charge in [0.1, 0.15) is 0 Å². The molecule has 1 aromatic carbocycles. The van der Waals surface area contributed by atoms with E-state index in [4.69, 9.17) is 10.3 Å². The minimum Gasteiger partial charge on any atom is -0.476 e. The van der Waals surface area contributed by atoms with E-state index in [2.05, 4.69) is 25.9 Å². The summed E-state index contributed by atoms with van der Waals surface area (Å²) >= 11 is 0. The van der Waals surface area contributed by atoms with Crippen molar-refractivity contribution in [2.45, 2.75) is 33.1 Å². The van der Waals surface area contributed by atoms with Crippen LogP contribution in [0.2, 0.25) is 0 Å². The third-order valence-electron chi connectivity index (χ3n) is 3.29. The molecule has 2 aromatic rings. The molecule has 0 unspecified atom stereocenters. The SMILES string of the molecule is Cc1ccc(C(C)(C)C)cc1-c1c(C(=O)O)noc1N. The Morgan fingerprint density at radius 2 is 2.00 bits per heavy atom. The van der Waals surface area contributed by atoms with Crippen molar-refractivity contribution in [1.82, 2.24) is 5.16 Å². The number of aromatic nitrogens is 1. The van der Waals surface area contributed by atoms with Gasteiger partial charge >= 0.3 is 5.97 Å². The number of carboxylic acid groups (broad SMARTS) is 1. The van der Waals surface area contributed by atoms with Crippen LogP contribution in [0.1, 0.15) is 42.4 Å². The highest BCUT2D eigenvalue weighted by molar-refractivity contribution is 5.97. The van der Waals surface area contributed by atoms with Gasteiger partial charge in [0.05, 0.1) is 5.56 Å². The van der Waals surface area contributed by atoms with Crippen molar-refractivity contribution in [2.75, 3.05) is 5.73 Å². The molecule has 1 heterocycles. The number of aryl methyl sites for hydroxylation is 1. The molecule has 3 N–H and O–H groups in total. The second-order valence-corrected chi connectivity index (χ2v) is 5.86. The number of carbonyl (C=O) groups is 1. The Morgan fingerprint density at radius 3 is 2.55 bits per heavy atom. The summed E-state index contributed by atoms with van der Waals surface area (Å²) in [6, 6.07) is 5.93. The predicted molar refractivity (Wildman–Crippen MR) is 76.7 cm³/mol. The number of aromatic carboxylic acids is 1. The molecule has 0 aliphatic heterocycles. The first-order valence-corrected chi connectivity index (χ1v) is 6.31. The molecular weight excluding hydrogens is 256 g/mol. The third kappa shape index (κ3) is 2.39. The lowest BCUT2D eigenvalue weighted by molar-refractivity contribution is 0.0686. The number of carboxylic acids is 1. The van der Waals surface area contributed by atoms with Crippen molar-refractivity contribution in [3.05, 3.63) is 35.0 Å².